The van der Waals surface area contributed by atoms with Crippen LogP contribution in [0.25, 0.3) is 0 Å². The molecule has 2 aliphatic carbocycles. The second-order valence-electron chi connectivity index (χ2n) is 12.8. The lowest BCUT2D eigenvalue weighted by atomic mass is 9.73. The van der Waals surface area contributed by atoms with Crippen LogP contribution in [0.1, 0.15) is 85.7 Å². The number of halogens is 6. The number of rotatable bonds is 6. The molecule has 228 valence electrons. The van der Waals surface area contributed by atoms with Gasteiger partial charge in [0.05, 0.1) is 17.0 Å². The minimum absolute atomic E-state index is 0.0211. The van der Waals surface area contributed by atoms with Gasteiger partial charge in [0.15, 0.2) is 0 Å². The average Bonchev–Trinajstić information content (AvgIpc) is 3.74. The van der Waals surface area contributed by atoms with E-state index < -0.39 is 47.0 Å². The molecule has 2 aromatic carbocycles. The number of carboxylic acids is 1. The summed E-state index contributed by atoms with van der Waals surface area (Å²) < 4.78 is 88.9. The lowest BCUT2D eigenvalue weighted by Crippen LogP contribution is -2.58. The van der Waals surface area contributed by atoms with Crippen molar-refractivity contribution in [1.29, 1.82) is 0 Å². The fourth-order valence-electron chi connectivity index (χ4n) is 8.03. The van der Waals surface area contributed by atoms with E-state index in [9.17, 15) is 36.2 Å². The Morgan fingerprint density at radius 2 is 1.62 bits per heavy atom. The summed E-state index contributed by atoms with van der Waals surface area (Å²) in [5.41, 5.74) is -0.936. The van der Waals surface area contributed by atoms with Gasteiger partial charge in [-0.25, -0.2) is 0 Å². The Morgan fingerprint density at radius 1 is 0.952 bits per heavy atom. The number of fused-ring (bicyclic) bond motifs is 1. The average molecular weight is 596 g/mol. The third-order valence-corrected chi connectivity index (χ3v) is 10.5. The molecular formula is C32H35F6NO3. The molecule has 1 saturated heterocycles. The van der Waals surface area contributed by atoms with E-state index >= 15 is 0 Å². The molecule has 2 heterocycles. The summed E-state index contributed by atoms with van der Waals surface area (Å²) in [4.78, 5) is 13.7. The zero-order valence-electron chi connectivity index (χ0n) is 23.6. The maximum absolute atomic E-state index is 13.9. The Labute approximate surface area is 241 Å². The van der Waals surface area contributed by atoms with Gasteiger partial charge in [-0.3, -0.25) is 9.69 Å². The molecule has 2 saturated carbocycles. The van der Waals surface area contributed by atoms with Crippen LogP contribution in [0, 0.1) is 23.7 Å². The fourth-order valence-corrected chi connectivity index (χ4v) is 8.03. The van der Waals surface area contributed by atoms with E-state index in [1.165, 1.54) is 0 Å². The Kier molecular flexibility index (Phi) is 7.10. The molecule has 1 N–H and O–H groups in total. The lowest BCUT2D eigenvalue weighted by Gasteiger charge is -2.51. The number of nitrogens with zero attached hydrogens (tertiary/aromatic N) is 1. The predicted molar refractivity (Wildman–Crippen MR) is 143 cm³/mol. The van der Waals surface area contributed by atoms with Crippen LogP contribution < -0.4 is 4.74 Å². The second-order valence-corrected chi connectivity index (χ2v) is 12.8. The molecule has 4 unspecified atom stereocenters. The first-order valence-electron chi connectivity index (χ1n) is 14.8. The van der Waals surface area contributed by atoms with Crippen molar-refractivity contribution >= 4 is 5.97 Å². The van der Waals surface area contributed by atoms with Crippen molar-refractivity contribution in [2.24, 2.45) is 23.7 Å². The molecule has 2 aromatic rings. The molecule has 10 heteroatoms. The lowest BCUT2D eigenvalue weighted by molar-refractivity contribution is -0.142. The summed E-state index contributed by atoms with van der Waals surface area (Å²) in [6.07, 6.45) is -4.29. The molecule has 2 bridgehead atoms. The molecular weight excluding hydrogens is 560 g/mol. The van der Waals surface area contributed by atoms with Crippen LogP contribution in [0.4, 0.5) is 26.3 Å². The van der Waals surface area contributed by atoms with Gasteiger partial charge in [-0.2, -0.15) is 26.3 Å². The van der Waals surface area contributed by atoms with Crippen molar-refractivity contribution in [3.05, 3.63) is 64.2 Å². The summed E-state index contributed by atoms with van der Waals surface area (Å²) in [7, 11) is 0. The number of piperidine rings is 1. The highest BCUT2D eigenvalue weighted by atomic mass is 19.4. The first kappa shape index (κ1) is 29.3. The van der Waals surface area contributed by atoms with Crippen LogP contribution in [0.2, 0.25) is 0 Å². The van der Waals surface area contributed by atoms with Crippen LogP contribution in [0.5, 0.6) is 5.75 Å². The van der Waals surface area contributed by atoms with Crippen molar-refractivity contribution in [1.82, 2.24) is 4.90 Å². The van der Waals surface area contributed by atoms with E-state index in [0.29, 0.717) is 37.2 Å². The number of carboxylic acid groups (broad SMARTS) is 1. The van der Waals surface area contributed by atoms with Gasteiger partial charge in [-0.05, 0) is 98.2 Å². The molecule has 4 aliphatic rings. The molecule has 6 atom stereocenters. The van der Waals surface area contributed by atoms with E-state index in [0.717, 1.165) is 55.4 Å². The Balaban J connectivity index is 1.26. The van der Waals surface area contributed by atoms with E-state index in [4.69, 9.17) is 4.74 Å². The first-order chi connectivity index (χ1) is 19.7. The van der Waals surface area contributed by atoms with Crippen molar-refractivity contribution in [3.63, 3.8) is 0 Å². The van der Waals surface area contributed by atoms with Gasteiger partial charge in [0.25, 0.3) is 0 Å². The molecule has 0 aromatic heterocycles. The number of benzene rings is 2. The summed E-state index contributed by atoms with van der Waals surface area (Å²) in [5, 5.41) is 9.72. The number of aryl methyl sites for hydroxylation is 1. The number of alkyl halides is 6. The minimum atomic E-state index is -4.77. The summed E-state index contributed by atoms with van der Waals surface area (Å²) in [6.45, 7) is 4.17. The zero-order valence-corrected chi connectivity index (χ0v) is 23.6. The smallest absolute Gasteiger partial charge is 0.416 e. The van der Waals surface area contributed by atoms with Crippen LogP contribution in [-0.2, 0) is 23.6 Å². The van der Waals surface area contributed by atoms with Gasteiger partial charge >= 0.3 is 18.3 Å². The molecule has 6 rings (SSSR count). The largest absolute Gasteiger partial charge is 0.486 e. The molecule has 42 heavy (non-hydrogen) atoms. The third kappa shape index (κ3) is 5.07. The molecule has 0 radical (unpaired) electrons. The monoisotopic (exact) mass is 595 g/mol. The van der Waals surface area contributed by atoms with E-state index in [1.807, 2.05) is 23.1 Å². The standard InChI is InChI=1S/C32H35F6NO3/c1-17(29(40)41)28(20-4-5-20)21-6-3-19-11-12-30(42-27(19)13-21)23-7-8-24(30)16-39(15-23)18(2)25-14-22(31(33,34)35)9-10-26(25)32(36,37)38/h3,6,9-10,13-14,17-18,20,23-24,28H,4-5,7-8,11-12,15-16H2,1-2H3,(H,40,41)/t17?,18?,23-,24+,28?,30?. The topological polar surface area (TPSA) is 49.8 Å². The van der Waals surface area contributed by atoms with Crippen molar-refractivity contribution in [3.8, 4) is 5.75 Å². The van der Waals surface area contributed by atoms with Crippen LogP contribution >= 0.6 is 0 Å². The third-order valence-electron chi connectivity index (χ3n) is 10.5. The van der Waals surface area contributed by atoms with Gasteiger partial charge in [-0.1, -0.05) is 19.1 Å². The van der Waals surface area contributed by atoms with Crippen LogP contribution in [0.15, 0.2) is 36.4 Å². The normalized spacial score (nSPS) is 28.2. The molecule has 1 spiro atoms. The highest BCUT2D eigenvalue weighted by Crippen LogP contribution is 2.55. The van der Waals surface area contributed by atoms with Gasteiger partial charge in [0.1, 0.15) is 11.4 Å². The summed E-state index contributed by atoms with van der Waals surface area (Å²) in [5.74, 6) is -0.297. The van der Waals surface area contributed by atoms with Crippen LogP contribution in [0.3, 0.4) is 0 Å². The number of ether oxygens (including phenoxy) is 1. The maximum atomic E-state index is 13.9. The van der Waals surface area contributed by atoms with Gasteiger partial charge < -0.3 is 9.84 Å². The van der Waals surface area contributed by atoms with Gasteiger partial charge in [0, 0.05) is 31.0 Å². The molecule has 4 nitrogen and oxygen atoms in total. The number of hydrogen-bond acceptors (Lipinski definition) is 3. The SMILES string of the molecule is CC(C(=O)O)C(c1ccc2c(c1)OC1(CC2)[C@@H]2CC[C@H]1CN(C(C)c1cc(C(F)(F)F)ccc1C(F)(F)F)C2)C1CC1. The number of likely N-dealkylation sites (tertiary alicyclic amines) is 1. The van der Waals surface area contributed by atoms with Gasteiger partial charge in [0.2, 0.25) is 0 Å². The quantitative estimate of drug-likeness (QED) is 0.343. The Bertz CT molecular complexity index is 1350. The van der Waals surface area contributed by atoms with Crippen molar-refractivity contribution in [2.45, 2.75) is 82.3 Å². The first-order valence-corrected chi connectivity index (χ1v) is 14.8. The summed E-state index contributed by atoms with van der Waals surface area (Å²) >= 11 is 0. The predicted octanol–water partition coefficient (Wildman–Crippen LogP) is 8.11. The zero-order chi connectivity index (χ0) is 30.2. The van der Waals surface area contributed by atoms with E-state index in [1.54, 1.807) is 13.8 Å². The maximum Gasteiger partial charge on any atom is 0.416 e. The second kappa shape index (κ2) is 10.2. The minimum Gasteiger partial charge on any atom is -0.486 e. The number of carbonyl (C=O) groups is 1. The molecule has 3 fully saturated rings. The van der Waals surface area contributed by atoms with Gasteiger partial charge in [-0.15, -0.1) is 0 Å². The molecule has 2 aliphatic heterocycles. The highest BCUT2D eigenvalue weighted by Gasteiger charge is 2.57. The Hall–Kier alpha value is -2.75. The van der Waals surface area contributed by atoms with E-state index in [2.05, 4.69) is 0 Å². The fraction of sp³-hybridized carbons (Fsp3) is 0.594. The number of hydrogen-bond donors (Lipinski definition) is 1. The van der Waals surface area contributed by atoms with Crippen molar-refractivity contribution < 1.29 is 41.0 Å². The molecule has 0 amide bonds. The number of aliphatic carboxylic acids is 1. The Morgan fingerprint density at radius 3 is 2.19 bits per heavy atom. The van der Waals surface area contributed by atoms with E-state index in [-0.39, 0.29) is 23.3 Å². The highest BCUT2D eigenvalue weighted by molar-refractivity contribution is 5.71. The van der Waals surface area contributed by atoms with Crippen molar-refractivity contribution in [2.75, 3.05) is 13.1 Å². The summed E-state index contributed by atoms with van der Waals surface area (Å²) in [6, 6.07) is 6.91. The van der Waals surface area contributed by atoms with Crippen LogP contribution in [-0.4, -0.2) is 34.7 Å².